The highest BCUT2D eigenvalue weighted by Gasteiger charge is 2.33. The molecular weight excluding hydrogens is 248 g/mol. The fraction of sp³-hybridized carbons (Fsp3) is 0.647. The van der Waals surface area contributed by atoms with Gasteiger partial charge in [-0.25, -0.2) is 0 Å². The van der Waals surface area contributed by atoms with Crippen molar-refractivity contribution in [2.75, 3.05) is 26.7 Å². The first-order chi connectivity index (χ1) is 9.72. The van der Waals surface area contributed by atoms with E-state index in [1.807, 2.05) is 25.2 Å². The number of hydrogen-bond acceptors (Lipinski definition) is 3. The van der Waals surface area contributed by atoms with E-state index in [-0.39, 0.29) is 12.1 Å². The minimum atomic E-state index is -0.361. The van der Waals surface area contributed by atoms with Crippen LogP contribution in [0.5, 0.6) is 0 Å². The van der Waals surface area contributed by atoms with Crippen LogP contribution in [-0.4, -0.2) is 42.8 Å². The van der Waals surface area contributed by atoms with Crippen molar-refractivity contribution in [1.29, 1.82) is 0 Å². The molecule has 0 amide bonds. The Morgan fingerprint density at radius 1 is 1.25 bits per heavy atom. The summed E-state index contributed by atoms with van der Waals surface area (Å²) in [6, 6.07) is 10.9. The second kappa shape index (κ2) is 7.21. The molecule has 0 saturated carbocycles. The molecule has 0 aliphatic carbocycles. The van der Waals surface area contributed by atoms with Gasteiger partial charge >= 0.3 is 0 Å². The number of hydrogen-bond donors (Lipinski definition) is 2. The number of aliphatic hydroxyl groups is 1. The molecule has 2 atom stereocenters. The van der Waals surface area contributed by atoms with Gasteiger partial charge in [-0.15, -0.1) is 0 Å². The molecule has 20 heavy (non-hydrogen) atoms. The van der Waals surface area contributed by atoms with Gasteiger partial charge in [0.1, 0.15) is 0 Å². The highest BCUT2D eigenvalue weighted by molar-refractivity contribution is 5.25. The van der Waals surface area contributed by atoms with Gasteiger partial charge in [0.2, 0.25) is 0 Å². The number of rotatable bonds is 5. The lowest BCUT2D eigenvalue weighted by Crippen LogP contribution is -2.54. The van der Waals surface area contributed by atoms with Crippen LogP contribution in [0.3, 0.4) is 0 Å². The number of aliphatic hydroxyl groups excluding tert-OH is 1. The molecule has 1 saturated heterocycles. The van der Waals surface area contributed by atoms with Crippen LogP contribution in [0.25, 0.3) is 0 Å². The summed E-state index contributed by atoms with van der Waals surface area (Å²) < 4.78 is 0. The van der Waals surface area contributed by atoms with Gasteiger partial charge in [-0.05, 0) is 38.9 Å². The zero-order valence-corrected chi connectivity index (χ0v) is 12.8. The summed E-state index contributed by atoms with van der Waals surface area (Å²) in [5, 5.41) is 13.4. The lowest BCUT2D eigenvalue weighted by molar-refractivity contribution is 0.0933. The molecule has 0 spiro atoms. The normalized spacial score (nSPS) is 24.1. The van der Waals surface area contributed by atoms with Gasteiger partial charge in [-0.1, -0.05) is 43.2 Å². The Morgan fingerprint density at radius 3 is 2.65 bits per heavy atom. The Hall–Kier alpha value is -0.900. The molecule has 2 rings (SSSR count). The van der Waals surface area contributed by atoms with Crippen molar-refractivity contribution in [3.63, 3.8) is 0 Å². The average molecular weight is 276 g/mol. The van der Waals surface area contributed by atoms with Crippen LogP contribution in [0, 0.1) is 0 Å². The number of benzene rings is 1. The minimum Gasteiger partial charge on any atom is -0.394 e. The Morgan fingerprint density at radius 2 is 2.00 bits per heavy atom. The van der Waals surface area contributed by atoms with Crippen molar-refractivity contribution in [1.82, 2.24) is 10.2 Å². The average Bonchev–Trinajstić information content (AvgIpc) is 2.70. The van der Waals surface area contributed by atoms with E-state index >= 15 is 0 Å². The molecular formula is C17H28N2O. The molecule has 3 heteroatoms. The molecule has 1 aromatic carbocycles. The molecule has 1 heterocycles. The summed E-state index contributed by atoms with van der Waals surface area (Å²) in [7, 11) is 1.95. The summed E-state index contributed by atoms with van der Waals surface area (Å²) in [6.45, 7) is 4.44. The first-order valence-corrected chi connectivity index (χ1v) is 7.81. The van der Waals surface area contributed by atoms with Crippen molar-refractivity contribution in [3.8, 4) is 0 Å². The fourth-order valence-corrected chi connectivity index (χ4v) is 3.21. The van der Waals surface area contributed by atoms with Gasteiger partial charge in [0.15, 0.2) is 0 Å². The predicted molar refractivity (Wildman–Crippen MR) is 83.8 cm³/mol. The Bertz CT molecular complexity index is 389. The van der Waals surface area contributed by atoms with Gasteiger partial charge in [-0.2, -0.15) is 0 Å². The van der Waals surface area contributed by atoms with Crippen LogP contribution >= 0.6 is 0 Å². The molecule has 3 nitrogen and oxygen atoms in total. The summed E-state index contributed by atoms with van der Waals surface area (Å²) in [6.07, 6.45) is 5.19. The van der Waals surface area contributed by atoms with E-state index in [1.54, 1.807) is 0 Å². The number of nitrogens with zero attached hydrogens (tertiary/aromatic N) is 1. The standard InChI is InChI=1S/C17H28N2O/c1-15-9-5-4-8-12-19(15)13-17(14-20,18-2)16-10-6-3-7-11-16/h3,6-7,10-11,15,18,20H,4-5,8-9,12-14H2,1-2H3. The second-order valence-corrected chi connectivity index (χ2v) is 6.03. The van der Waals surface area contributed by atoms with Gasteiger partial charge in [-0.3, -0.25) is 4.90 Å². The maximum atomic E-state index is 10.0. The molecule has 0 aromatic heterocycles. The maximum absolute atomic E-state index is 10.0. The van der Waals surface area contributed by atoms with Crippen molar-refractivity contribution in [2.45, 2.75) is 44.2 Å². The molecule has 1 aromatic rings. The second-order valence-electron chi connectivity index (χ2n) is 6.03. The third-order valence-corrected chi connectivity index (χ3v) is 4.74. The molecule has 2 unspecified atom stereocenters. The molecule has 2 N–H and O–H groups in total. The van der Waals surface area contributed by atoms with Crippen LogP contribution < -0.4 is 5.32 Å². The quantitative estimate of drug-likeness (QED) is 0.866. The largest absolute Gasteiger partial charge is 0.394 e. The van der Waals surface area contributed by atoms with Crippen LogP contribution in [0.4, 0.5) is 0 Å². The van der Waals surface area contributed by atoms with Gasteiger partial charge in [0.25, 0.3) is 0 Å². The van der Waals surface area contributed by atoms with Crippen LogP contribution in [0.2, 0.25) is 0 Å². The highest BCUT2D eigenvalue weighted by Crippen LogP contribution is 2.25. The van der Waals surface area contributed by atoms with E-state index < -0.39 is 0 Å². The molecule has 0 radical (unpaired) electrons. The molecule has 1 fully saturated rings. The summed E-state index contributed by atoms with van der Waals surface area (Å²) in [5.41, 5.74) is 0.807. The maximum Gasteiger partial charge on any atom is 0.0795 e. The number of likely N-dealkylation sites (N-methyl/N-ethyl adjacent to an activating group) is 1. The Labute approximate surface area is 123 Å². The van der Waals surface area contributed by atoms with E-state index in [0.717, 1.165) is 13.1 Å². The molecule has 1 aliphatic rings. The lowest BCUT2D eigenvalue weighted by atomic mass is 9.89. The SMILES string of the molecule is CNC(CO)(CN1CCCCCC1C)c1ccccc1. The fourth-order valence-electron chi connectivity index (χ4n) is 3.21. The van der Waals surface area contributed by atoms with Crippen molar-refractivity contribution < 1.29 is 5.11 Å². The third kappa shape index (κ3) is 3.40. The summed E-state index contributed by atoms with van der Waals surface area (Å²) >= 11 is 0. The number of nitrogens with one attached hydrogen (secondary N) is 1. The smallest absolute Gasteiger partial charge is 0.0795 e. The van der Waals surface area contributed by atoms with E-state index in [1.165, 1.54) is 31.2 Å². The first kappa shape index (κ1) is 15.5. The first-order valence-electron chi connectivity index (χ1n) is 7.81. The highest BCUT2D eigenvalue weighted by atomic mass is 16.3. The zero-order valence-electron chi connectivity index (χ0n) is 12.8. The summed E-state index contributed by atoms with van der Waals surface area (Å²) in [4.78, 5) is 2.53. The number of likely N-dealkylation sites (tertiary alicyclic amines) is 1. The van der Waals surface area contributed by atoms with Crippen LogP contribution in [-0.2, 0) is 5.54 Å². The monoisotopic (exact) mass is 276 g/mol. The van der Waals surface area contributed by atoms with Crippen molar-refractivity contribution in [2.24, 2.45) is 0 Å². The predicted octanol–water partition coefficient (Wildman–Crippen LogP) is 2.36. The van der Waals surface area contributed by atoms with Crippen LogP contribution in [0.1, 0.15) is 38.2 Å². The van der Waals surface area contributed by atoms with E-state index in [9.17, 15) is 5.11 Å². The molecule has 112 valence electrons. The van der Waals surface area contributed by atoms with Gasteiger partial charge in [0, 0.05) is 12.6 Å². The van der Waals surface area contributed by atoms with E-state index in [2.05, 4.69) is 29.3 Å². The van der Waals surface area contributed by atoms with E-state index in [0.29, 0.717) is 6.04 Å². The topological polar surface area (TPSA) is 35.5 Å². The minimum absolute atomic E-state index is 0.122. The molecule has 1 aliphatic heterocycles. The zero-order chi connectivity index (χ0) is 14.4. The van der Waals surface area contributed by atoms with E-state index in [4.69, 9.17) is 0 Å². The lowest BCUT2D eigenvalue weighted by Gasteiger charge is -2.39. The van der Waals surface area contributed by atoms with Crippen molar-refractivity contribution >= 4 is 0 Å². The van der Waals surface area contributed by atoms with Crippen LogP contribution in [0.15, 0.2) is 30.3 Å². The molecule has 0 bridgehead atoms. The van der Waals surface area contributed by atoms with Gasteiger partial charge < -0.3 is 10.4 Å². The third-order valence-electron chi connectivity index (χ3n) is 4.74. The Balaban J connectivity index is 2.20. The van der Waals surface area contributed by atoms with Gasteiger partial charge in [0.05, 0.1) is 12.1 Å². The Kier molecular flexibility index (Phi) is 5.58. The van der Waals surface area contributed by atoms with Crippen molar-refractivity contribution in [3.05, 3.63) is 35.9 Å². The summed E-state index contributed by atoms with van der Waals surface area (Å²) in [5.74, 6) is 0.